The number of H-pyrrole nitrogens is 1. The molecule has 1 rings (SSSR count). The van der Waals surface area contributed by atoms with Crippen molar-refractivity contribution in [2.45, 2.75) is 19.4 Å². The van der Waals surface area contributed by atoms with E-state index in [2.05, 4.69) is 10.2 Å². The first kappa shape index (κ1) is 8.73. The number of rotatable bonds is 3. The van der Waals surface area contributed by atoms with Crippen LogP contribution in [0.4, 0.5) is 0 Å². The summed E-state index contributed by atoms with van der Waals surface area (Å²) in [6.07, 6.45) is 0.264. The molecule has 3 N–H and O–H groups in total. The molecule has 0 aliphatic rings. The summed E-state index contributed by atoms with van der Waals surface area (Å²) < 4.78 is 0. The van der Waals surface area contributed by atoms with E-state index in [1.54, 1.807) is 6.92 Å². The fraction of sp³-hybridized carbons (Fsp3) is 0.429. The maximum absolute atomic E-state index is 10.3. The molecule has 5 heteroatoms. The summed E-state index contributed by atoms with van der Waals surface area (Å²) in [5.74, 6) is -1.21. The molecule has 0 bridgehead atoms. The summed E-state index contributed by atoms with van der Waals surface area (Å²) in [7, 11) is 0. The van der Waals surface area contributed by atoms with Crippen molar-refractivity contribution in [1.29, 1.82) is 0 Å². The number of hydrogen-bond donors (Lipinski definition) is 3. The SMILES string of the molecule is Cc1[nH]ncc1CC(O)C(=O)O. The van der Waals surface area contributed by atoms with Gasteiger partial charge in [-0.3, -0.25) is 5.10 Å². The highest BCUT2D eigenvalue weighted by Crippen LogP contribution is 2.05. The third-order valence-electron chi connectivity index (χ3n) is 1.63. The molecule has 0 aliphatic heterocycles. The zero-order chi connectivity index (χ0) is 9.14. The van der Waals surface area contributed by atoms with E-state index in [1.165, 1.54) is 6.20 Å². The van der Waals surface area contributed by atoms with Gasteiger partial charge in [0.2, 0.25) is 0 Å². The fourth-order valence-corrected chi connectivity index (χ4v) is 0.877. The van der Waals surface area contributed by atoms with E-state index in [4.69, 9.17) is 10.2 Å². The van der Waals surface area contributed by atoms with Crippen LogP contribution < -0.4 is 0 Å². The van der Waals surface area contributed by atoms with Crippen molar-refractivity contribution in [1.82, 2.24) is 10.2 Å². The molecular weight excluding hydrogens is 160 g/mol. The second-order valence-corrected chi connectivity index (χ2v) is 2.58. The maximum atomic E-state index is 10.3. The average Bonchev–Trinajstić information content (AvgIpc) is 2.36. The van der Waals surface area contributed by atoms with Crippen molar-refractivity contribution in [3.8, 4) is 0 Å². The summed E-state index contributed by atoms with van der Waals surface area (Å²) in [4.78, 5) is 10.3. The molecule has 0 saturated carbocycles. The lowest BCUT2D eigenvalue weighted by molar-refractivity contribution is -0.146. The lowest BCUT2D eigenvalue weighted by Gasteiger charge is -2.02. The molecule has 1 heterocycles. The van der Waals surface area contributed by atoms with Gasteiger partial charge in [0.15, 0.2) is 6.10 Å². The standard InChI is InChI=1S/C7H10N2O3/c1-4-5(3-8-9-4)2-6(10)7(11)12/h3,6,10H,2H2,1H3,(H,8,9)(H,11,12). The predicted octanol–water partition coefficient (Wildman–Crippen LogP) is -0.294. The fourth-order valence-electron chi connectivity index (χ4n) is 0.877. The van der Waals surface area contributed by atoms with Crippen molar-refractivity contribution >= 4 is 5.97 Å². The number of carboxylic acids is 1. The van der Waals surface area contributed by atoms with Gasteiger partial charge in [-0.1, -0.05) is 0 Å². The molecule has 1 aromatic heterocycles. The zero-order valence-electron chi connectivity index (χ0n) is 6.61. The second kappa shape index (κ2) is 3.36. The van der Waals surface area contributed by atoms with Crippen LogP contribution in [-0.2, 0) is 11.2 Å². The number of nitrogens with zero attached hydrogens (tertiary/aromatic N) is 1. The largest absolute Gasteiger partial charge is 0.479 e. The quantitative estimate of drug-likeness (QED) is 0.581. The van der Waals surface area contributed by atoms with Crippen LogP contribution in [0.3, 0.4) is 0 Å². The van der Waals surface area contributed by atoms with Crippen molar-refractivity contribution in [2.24, 2.45) is 0 Å². The van der Waals surface area contributed by atoms with Crippen molar-refractivity contribution in [3.63, 3.8) is 0 Å². The normalized spacial score (nSPS) is 12.8. The molecule has 1 unspecified atom stereocenters. The van der Waals surface area contributed by atoms with Crippen LogP contribution in [0.25, 0.3) is 0 Å². The van der Waals surface area contributed by atoms with Gasteiger partial charge in [0.05, 0.1) is 6.20 Å². The van der Waals surface area contributed by atoms with Gasteiger partial charge in [0.1, 0.15) is 0 Å². The molecule has 0 radical (unpaired) electrons. The van der Waals surface area contributed by atoms with Gasteiger partial charge in [0.25, 0.3) is 0 Å². The summed E-state index contributed by atoms with van der Waals surface area (Å²) in [5, 5.41) is 23.7. The second-order valence-electron chi connectivity index (χ2n) is 2.58. The van der Waals surface area contributed by atoms with Crippen LogP contribution >= 0.6 is 0 Å². The summed E-state index contributed by atoms with van der Waals surface area (Å²) in [6.45, 7) is 1.77. The minimum atomic E-state index is -1.35. The van der Waals surface area contributed by atoms with Crippen LogP contribution in [0.1, 0.15) is 11.3 Å². The molecule has 66 valence electrons. The monoisotopic (exact) mass is 170 g/mol. The van der Waals surface area contributed by atoms with Crippen LogP contribution in [0.15, 0.2) is 6.20 Å². The number of carboxylic acid groups (broad SMARTS) is 1. The van der Waals surface area contributed by atoms with E-state index in [9.17, 15) is 4.79 Å². The highest BCUT2D eigenvalue weighted by molar-refractivity contribution is 5.72. The average molecular weight is 170 g/mol. The molecule has 5 nitrogen and oxygen atoms in total. The number of aliphatic hydroxyl groups is 1. The van der Waals surface area contributed by atoms with E-state index in [-0.39, 0.29) is 6.42 Å². The number of aromatic amines is 1. The van der Waals surface area contributed by atoms with Gasteiger partial charge in [-0.05, 0) is 12.5 Å². The molecule has 0 amide bonds. The van der Waals surface area contributed by atoms with Gasteiger partial charge in [0, 0.05) is 12.1 Å². The van der Waals surface area contributed by atoms with E-state index < -0.39 is 12.1 Å². The first-order valence-electron chi connectivity index (χ1n) is 3.51. The Hall–Kier alpha value is -1.36. The Morgan fingerprint density at radius 1 is 1.83 bits per heavy atom. The Kier molecular flexibility index (Phi) is 2.44. The predicted molar refractivity (Wildman–Crippen MR) is 40.7 cm³/mol. The Morgan fingerprint density at radius 3 is 2.92 bits per heavy atom. The summed E-state index contributed by atoms with van der Waals surface area (Å²) in [5.41, 5.74) is 1.51. The number of hydrogen-bond acceptors (Lipinski definition) is 3. The highest BCUT2D eigenvalue weighted by Gasteiger charge is 2.15. The highest BCUT2D eigenvalue weighted by atomic mass is 16.4. The zero-order valence-corrected chi connectivity index (χ0v) is 6.61. The molecule has 0 fully saturated rings. The Morgan fingerprint density at radius 2 is 2.50 bits per heavy atom. The molecular formula is C7H10N2O3. The Bertz CT molecular complexity index is 282. The summed E-state index contributed by atoms with van der Waals surface area (Å²) in [6, 6.07) is 0. The molecule has 0 spiro atoms. The number of aliphatic hydroxyl groups excluding tert-OH is 1. The Labute approximate surface area is 69.0 Å². The van der Waals surface area contributed by atoms with Gasteiger partial charge in [-0.2, -0.15) is 5.10 Å². The minimum absolute atomic E-state index is 0.0949. The lowest BCUT2D eigenvalue weighted by atomic mass is 10.1. The van der Waals surface area contributed by atoms with E-state index in [1.807, 2.05) is 0 Å². The number of aromatic nitrogens is 2. The molecule has 1 aromatic rings. The Balaban J connectivity index is 2.64. The molecule has 0 aromatic carbocycles. The first-order chi connectivity index (χ1) is 5.61. The van der Waals surface area contributed by atoms with Crippen molar-refractivity contribution in [2.75, 3.05) is 0 Å². The molecule has 0 aliphatic carbocycles. The minimum Gasteiger partial charge on any atom is -0.479 e. The smallest absolute Gasteiger partial charge is 0.332 e. The molecule has 0 saturated heterocycles. The van der Waals surface area contributed by atoms with Gasteiger partial charge >= 0.3 is 5.97 Å². The third kappa shape index (κ3) is 1.82. The van der Waals surface area contributed by atoms with Crippen molar-refractivity contribution in [3.05, 3.63) is 17.5 Å². The molecule has 12 heavy (non-hydrogen) atoms. The molecule has 1 atom stereocenters. The number of carbonyl (C=O) groups is 1. The topological polar surface area (TPSA) is 86.2 Å². The van der Waals surface area contributed by atoms with Gasteiger partial charge in [-0.25, -0.2) is 4.79 Å². The third-order valence-corrected chi connectivity index (χ3v) is 1.63. The lowest BCUT2D eigenvalue weighted by Crippen LogP contribution is -2.22. The van der Waals surface area contributed by atoms with Gasteiger partial charge < -0.3 is 10.2 Å². The van der Waals surface area contributed by atoms with Crippen LogP contribution in [0.5, 0.6) is 0 Å². The number of aliphatic carboxylic acids is 1. The van der Waals surface area contributed by atoms with E-state index in [0.717, 1.165) is 11.3 Å². The van der Waals surface area contributed by atoms with Crippen LogP contribution in [0.2, 0.25) is 0 Å². The maximum Gasteiger partial charge on any atom is 0.332 e. The number of nitrogens with one attached hydrogen (secondary N) is 1. The number of aryl methyl sites for hydroxylation is 1. The van der Waals surface area contributed by atoms with E-state index in [0.29, 0.717) is 0 Å². The first-order valence-corrected chi connectivity index (χ1v) is 3.51. The van der Waals surface area contributed by atoms with Gasteiger partial charge in [-0.15, -0.1) is 0 Å². The van der Waals surface area contributed by atoms with E-state index >= 15 is 0 Å². The van der Waals surface area contributed by atoms with Crippen molar-refractivity contribution < 1.29 is 15.0 Å². The summed E-state index contributed by atoms with van der Waals surface area (Å²) >= 11 is 0. The van der Waals surface area contributed by atoms with Crippen LogP contribution in [0, 0.1) is 6.92 Å². The van der Waals surface area contributed by atoms with Crippen LogP contribution in [-0.4, -0.2) is 32.5 Å².